The van der Waals surface area contributed by atoms with Crippen molar-refractivity contribution in [2.45, 2.75) is 65.4 Å². The van der Waals surface area contributed by atoms with Gasteiger partial charge in [-0.1, -0.05) is 25.0 Å². The van der Waals surface area contributed by atoms with Gasteiger partial charge in [0, 0.05) is 0 Å². The smallest absolute Gasteiger partial charge is 0.0622 e. The van der Waals surface area contributed by atoms with Crippen molar-refractivity contribution < 1.29 is 5.11 Å². The van der Waals surface area contributed by atoms with Crippen molar-refractivity contribution in [3.63, 3.8) is 0 Å². The van der Waals surface area contributed by atoms with Crippen LogP contribution >= 0.6 is 0 Å². The summed E-state index contributed by atoms with van der Waals surface area (Å²) in [5, 5.41) is 10.2. The highest BCUT2D eigenvalue weighted by Gasteiger charge is 2.35. The van der Waals surface area contributed by atoms with Crippen molar-refractivity contribution in [2.24, 2.45) is 17.8 Å². The van der Waals surface area contributed by atoms with Crippen molar-refractivity contribution in [1.82, 2.24) is 0 Å². The van der Waals surface area contributed by atoms with E-state index in [1.165, 1.54) is 25.7 Å². The van der Waals surface area contributed by atoms with Crippen LogP contribution in [0.25, 0.3) is 0 Å². The largest absolute Gasteiger partial charge is 0.390 e. The van der Waals surface area contributed by atoms with Crippen LogP contribution in [-0.4, -0.2) is 10.7 Å². The van der Waals surface area contributed by atoms with Gasteiger partial charge in [-0.3, -0.25) is 0 Å². The van der Waals surface area contributed by atoms with Gasteiger partial charge in [-0.15, -0.1) is 0 Å². The summed E-state index contributed by atoms with van der Waals surface area (Å²) in [7, 11) is 0. The van der Waals surface area contributed by atoms with Gasteiger partial charge >= 0.3 is 0 Å². The molecule has 0 amide bonds. The van der Waals surface area contributed by atoms with Gasteiger partial charge in [0.05, 0.1) is 5.60 Å². The fourth-order valence-electron chi connectivity index (χ4n) is 3.51. The first-order valence-electron chi connectivity index (χ1n) is 6.83. The van der Waals surface area contributed by atoms with Crippen LogP contribution in [0.3, 0.4) is 0 Å². The average molecular weight is 222 g/mol. The summed E-state index contributed by atoms with van der Waals surface area (Å²) in [5.41, 5.74) is 2.92. The highest BCUT2D eigenvalue weighted by molar-refractivity contribution is 5.26. The van der Waals surface area contributed by atoms with Crippen LogP contribution < -0.4 is 0 Å². The van der Waals surface area contributed by atoms with Crippen LogP contribution in [0.15, 0.2) is 11.1 Å². The predicted octanol–water partition coefficient (Wildman–Crippen LogP) is 3.92. The zero-order valence-corrected chi connectivity index (χ0v) is 11.2. The van der Waals surface area contributed by atoms with E-state index in [9.17, 15) is 5.11 Å². The Morgan fingerprint density at radius 3 is 2.25 bits per heavy atom. The third-order valence-corrected chi connectivity index (χ3v) is 4.86. The molecule has 0 spiro atoms. The summed E-state index contributed by atoms with van der Waals surface area (Å²) in [5.74, 6) is 1.98. The molecule has 0 fully saturated rings. The fraction of sp³-hybridized carbons (Fsp3) is 0.867. The second-order valence-electron chi connectivity index (χ2n) is 6.52. The molecule has 2 aliphatic rings. The van der Waals surface area contributed by atoms with Gasteiger partial charge in [-0.05, 0) is 63.7 Å². The van der Waals surface area contributed by atoms with Crippen LogP contribution in [0.2, 0.25) is 0 Å². The molecule has 1 N–H and O–H groups in total. The Morgan fingerprint density at radius 2 is 1.62 bits per heavy atom. The molecular formula is C15H26O. The van der Waals surface area contributed by atoms with Crippen molar-refractivity contribution in [2.75, 3.05) is 0 Å². The Bertz CT molecular complexity index is 295. The van der Waals surface area contributed by atoms with Gasteiger partial charge in [-0.2, -0.15) is 0 Å². The van der Waals surface area contributed by atoms with E-state index in [-0.39, 0.29) is 0 Å². The van der Waals surface area contributed by atoms with E-state index >= 15 is 0 Å². The molecule has 16 heavy (non-hydrogen) atoms. The van der Waals surface area contributed by atoms with Crippen LogP contribution in [0.4, 0.5) is 0 Å². The molecule has 0 bridgehead atoms. The Kier molecular flexibility index (Phi) is 3.18. The van der Waals surface area contributed by atoms with Crippen molar-refractivity contribution >= 4 is 0 Å². The maximum atomic E-state index is 10.2. The van der Waals surface area contributed by atoms with Gasteiger partial charge < -0.3 is 5.11 Å². The molecule has 3 atom stereocenters. The number of hydrogen-bond acceptors (Lipinski definition) is 1. The lowest BCUT2D eigenvalue weighted by atomic mass is 9.81. The standard InChI is InChI=1S/C15H26O/c1-10-5-7-12(15(3,4)16)9-14-11(2)6-8-13(10)14/h10-12,16H,5-9H2,1-4H3/t10-,11+,12-/m0/s1. The van der Waals surface area contributed by atoms with E-state index in [1.807, 2.05) is 13.8 Å². The zero-order chi connectivity index (χ0) is 11.9. The maximum Gasteiger partial charge on any atom is 0.0622 e. The summed E-state index contributed by atoms with van der Waals surface area (Å²) < 4.78 is 0. The first-order valence-corrected chi connectivity index (χ1v) is 6.83. The monoisotopic (exact) mass is 222 g/mol. The van der Waals surface area contributed by atoms with Crippen LogP contribution in [0.5, 0.6) is 0 Å². The highest BCUT2D eigenvalue weighted by atomic mass is 16.3. The second kappa shape index (κ2) is 4.18. The lowest BCUT2D eigenvalue weighted by molar-refractivity contribution is 0.0119. The van der Waals surface area contributed by atoms with Gasteiger partial charge in [0.25, 0.3) is 0 Å². The minimum absolute atomic E-state index is 0.461. The van der Waals surface area contributed by atoms with Gasteiger partial charge in [0.2, 0.25) is 0 Å². The van der Waals surface area contributed by atoms with Crippen LogP contribution in [0, 0.1) is 17.8 Å². The van der Waals surface area contributed by atoms with Crippen LogP contribution in [-0.2, 0) is 0 Å². The summed E-state index contributed by atoms with van der Waals surface area (Å²) in [4.78, 5) is 0. The van der Waals surface area contributed by atoms with E-state index in [4.69, 9.17) is 0 Å². The normalized spacial score (nSPS) is 36.2. The molecule has 1 heteroatoms. The maximum absolute atomic E-state index is 10.2. The lowest BCUT2D eigenvalue weighted by Gasteiger charge is -2.30. The Hall–Kier alpha value is -0.300. The summed E-state index contributed by atoms with van der Waals surface area (Å²) in [6, 6.07) is 0. The van der Waals surface area contributed by atoms with Crippen molar-refractivity contribution in [3.8, 4) is 0 Å². The number of allylic oxidation sites excluding steroid dienone is 2. The van der Waals surface area contributed by atoms with Crippen molar-refractivity contribution in [1.29, 1.82) is 0 Å². The zero-order valence-electron chi connectivity index (χ0n) is 11.2. The Morgan fingerprint density at radius 1 is 1.00 bits per heavy atom. The number of hydrogen-bond donors (Lipinski definition) is 1. The minimum Gasteiger partial charge on any atom is -0.390 e. The number of aliphatic hydroxyl groups is 1. The minimum atomic E-state index is -0.509. The van der Waals surface area contributed by atoms with Gasteiger partial charge in [0.1, 0.15) is 0 Å². The van der Waals surface area contributed by atoms with E-state index in [0.29, 0.717) is 5.92 Å². The molecule has 0 aromatic heterocycles. The SMILES string of the molecule is C[C@@H]1CCC2=C1C[C@@H](C(C)(C)O)CC[C@@H]2C. The quantitative estimate of drug-likeness (QED) is 0.667. The molecule has 2 aliphatic carbocycles. The summed E-state index contributed by atoms with van der Waals surface area (Å²) in [6.07, 6.45) is 6.25. The fourth-order valence-corrected chi connectivity index (χ4v) is 3.51. The molecule has 0 aromatic rings. The summed E-state index contributed by atoms with van der Waals surface area (Å²) in [6.45, 7) is 8.70. The average Bonchev–Trinajstić information content (AvgIpc) is 2.42. The van der Waals surface area contributed by atoms with E-state index < -0.39 is 5.60 Å². The van der Waals surface area contributed by atoms with Gasteiger partial charge in [-0.25, -0.2) is 0 Å². The molecular weight excluding hydrogens is 196 g/mol. The molecule has 0 radical (unpaired) electrons. The van der Waals surface area contributed by atoms with E-state index in [2.05, 4.69) is 13.8 Å². The first kappa shape index (κ1) is 12.2. The molecule has 0 saturated carbocycles. The van der Waals surface area contributed by atoms with Crippen LogP contribution in [0.1, 0.15) is 59.8 Å². The molecule has 0 saturated heterocycles. The van der Waals surface area contributed by atoms with E-state index in [1.54, 1.807) is 11.1 Å². The second-order valence-corrected chi connectivity index (χ2v) is 6.52. The molecule has 0 unspecified atom stereocenters. The number of rotatable bonds is 1. The molecule has 0 aromatic carbocycles. The highest BCUT2D eigenvalue weighted by Crippen LogP contribution is 2.45. The van der Waals surface area contributed by atoms with E-state index in [0.717, 1.165) is 18.3 Å². The topological polar surface area (TPSA) is 20.2 Å². The van der Waals surface area contributed by atoms with Crippen molar-refractivity contribution in [3.05, 3.63) is 11.1 Å². The Labute approximate surface area is 99.9 Å². The summed E-state index contributed by atoms with van der Waals surface area (Å²) >= 11 is 0. The third kappa shape index (κ3) is 2.20. The molecule has 1 nitrogen and oxygen atoms in total. The predicted molar refractivity (Wildman–Crippen MR) is 68.2 cm³/mol. The molecule has 92 valence electrons. The molecule has 0 aliphatic heterocycles. The Balaban J connectivity index is 2.23. The third-order valence-electron chi connectivity index (χ3n) is 4.86. The first-order chi connectivity index (χ1) is 7.39. The van der Waals surface area contributed by atoms with Gasteiger partial charge in [0.15, 0.2) is 0 Å². The lowest BCUT2D eigenvalue weighted by Crippen LogP contribution is -2.31. The molecule has 2 rings (SSSR count). The molecule has 0 heterocycles.